The van der Waals surface area contributed by atoms with Crippen LogP contribution in [0.2, 0.25) is 0 Å². The van der Waals surface area contributed by atoms with Crippen LogP contribution in [0.5, 0.6) is 0 Å². The molecule has 0 N–H and O–H groups in total. The van der Waals surface area contributed by atoms with Crippen LogP contribution in [0.25, 0.3) is 88.5 Å². The van der Waals surface area contributed by atoms with Crippen LogP contribution in [0.15, 0.2) is 126 Å². The lowest BCUT2D eigenvalue weighted by molar-refractivity contribution is 0.670. The van der Waals surface area contributed by atoms with E-state index in [0.717, 1.165) is 55.0 Å². The maximum Gasteiger partial charge on any atom is 0.164 e. The predicted molar refractivity (Wildman–Crippen MR) is 160 cm³/mol. The third-order valence-corrected chi connectivity index (χ3v) is 8.01. The first-order valence-electron chi connectivity index (χ1n) is 13.2. The minimum Gasteiger partial charge on any atom is -0.455 e. The lowest BCUT2D eigenvalue weighted by Gasteiger charge is -2.13. The third-order valence-electron chi connectivity index (χ3n) is 8.01. The van der Waals surface area contributed by atoms with E-state index in [0.29, 0.717) is 5.82 Å². The van der Waals surface area contributed by atoms with Crippen LogP contribution < -0.4 is 0 Å². The molecule has 0 bridgehead atoms. The van der Waals surface area contributed by atoms with Gasteiger partial charge in [0.25, 0.3) is 0 Å². The van der Waals surface area contributed by atoms with E-state index in [1.807, 2.05) is 18.2 Å². The van der Waals surface area contributed by atoms with E-state index in [-0.39, 0.29) is 0 Å². The van der Waals surface area contributed by atoms with Crippen molar-refractivity contribution in [3.05, 3.63) is 121 Å². The van der Waals surface area contributed by atoms with Crippen molar-refractivity contribution >= 4 is 43.6 Å². The van der Waals surface area contributed by atoms with Gasteiger partial charge in [0.15, 0.2) is 5.82 Å². The number of para-hydroxylation sites is 1. The standard InChI is InChI=1S/C36H20N2O/c1-2-10-21(11-3-1)34-27-15-6-7-18-29(27)37-36(38-34)28-20-22-12-8-16-25-23-13-4-5-14-24(23)26-17-9-19-30-32(26)33(31(22)25)35(28)39-30/h1-20H. The summed E-state index contributed by atoms with van der Waals surface area (Å²) in [5.41, 5.74) is 10.4. The van der Waals surface area contributed by atoms with E-state index < -0.39 is 0 Å². The Hall–Kier alpha value is -5.28. The second-order valence-electron chi connectivity index (χ2n) is 10.1. The Morgan fingerprint density at radius 3 is 2.03 bits per heavy atom. The Balaban J connectivity index is 1.47. The van der Waals surface area contributed by atoms with Gasteiger partial charge < -0.3 is 4.42 Å². The molecule has 0 aliphatic heterocycles. The van der Waals surface area contributed by atoms with E-state index in [2.05, 4.69) is 103 Å². The van der Waals surface area contributed by atoms with Gasteiger partial charge in [0.2, 0.25) is 0 Å². The van der Waals surface area contributed by atoms with Crippen molar-refractivity contribution in [2.45, 2.75) is 0 Å². The van der Waals surface area contributed by atoms with Crippen LogP contribution in [0.1, 0.15) is 0 Å². The lowest BCUT2D eigenvalue weighted by Crippen LogP contribution is -1.96. The molecule has 6 aromatic carbocycles. The SMILES string of the molecule is c1ccc(-c2nc(-c3cc4cccc5c4c4c3oc3cccc(c34)-c3ccccc3-5)nc3ccccc23)cc1. The molecule has 39 heavy (non-hydrogen) atoms. The number of aromatic nitrogens is 2. The molecule has 1 aliphatic rings. The van der Waals surface area contributed by atoms with Crippen molar-refractivity contribution in [3.63, 3.8) is 0 Å². The molecule has 0 saturated heterocycles. The van der Waals surface area contributed by atoms with Crippen molar-refractivity contribution < 1.29 is 4.42 Å². The average molecular weight is 497 g/mol. The van der Waals surface area contributed by atoms with Gasteiger partial charge in [-0.05, 0) is 45.8 Å². The molecular weight excluding hydrogens is 476 g/mol. The molecule has 0 spiro atoms. The van der Waals surface area contributed by atoms with Crippen LogP contribution >= 0.6 is 0 Å². The molecule has 3 nitrogen and oxygen atoms in total. The summed E-state index contributed by atoms with van der Waals surface area (Å²) < 4.78 is 6.71. The third kappa shape index (κ3) is 2.82. The molecule has 3 heteroatoms. The van der Waals surface area contributed by atoms with E-state index >= 15 is 0 Å². The Labute approximate surface area is 224 Å². The predicted octanol–water partition coefficient (Wildman–Crippen LogP) is 9.66. The fraction of sp³-hybridized carbons (Fsp3) is 0. The van der Waals surface area contributed by atoms with E-state index in [4.69, 9.17) is 14.4 Å². The van der Waals surface area contributed by atoms with Crippen LogP contribution in [-0.2, 0) is 0 Å². The monoisotopic (exact) mass is 496 g/mol. The second kappa shape index (κ2) is 7.62. The first-order valence-corrected chi connectivity index (χ1v) is 13.2. The van der Waals surface area contributed by atoms with Gasteiger partial charge in [0.1, 0.15) is 11.2 Å². The van der Waals surface area contributed by atoms with Crippen LogP contribution in [0.4, 0.5) is 0 Å². The van der Waals surface area contributed by atoms with E-state index in [1.165, 1.54) is 27.6 Å². The molecule has 0 atom stereocenters. The number of hydrogen-bond acceptors (Lipinski definition) is 3. The van der Waals surface area contributed by atoms with Gasteiger partial charge >= 0.3 is 0 Å². The summed E-state index contributed by atoms with van der Waals surface area (Å²) in [6.07, 6.45) is 0. The van der Waals surface area contributed by atoms with Crippen LogP contribution in [0, 0.1) is 0 Å². The van der Waals surface area contributed by atoms with Crippen molar-refractivity contribution in [2.24, 2.45) is 0 Å². The number of benzene rings is 6. The summed E-state index contributed by atoms with van der Waals surface area (Å²) in [5, 5.41) is 5.70. The van der Waals surface area contributed by atoms with Crippen molar-refractivity contribution in [3.8, 4) is 44.9 Å². The molecule has 0 fully saturated rings. The first kappa shape index (κ1) is 20.7. The molecule has 0 amide bonds. The summed E-state index contributed by atoms with van der Waals surface area (Å²) in [7, 11) is 0. The van der Waals surface area contributed by atoms with Crippen molar-refractivity contribution in [2.75, 3.05) is 0 Å². The van der Waals surface area contributed by atoms with E-state index in [1.54, 1.807) is 0 Å². The minimum absolute atomic E-state index is 0.669. The van der Waals surface area contributed by atoms with Crippen molar-refractivity contribution in [1.82, 2.24) is 9.97 Å². The Bertz CT molecular complexity index is 2260. The summed E-state index contributed by atoms with van der Waals surface area (Å²) in [4.78, 5) is 10.3. The highest BCUT2D eigenvalue weighted by molar-refractivity contribution is 6.30. The molecule has 0 radical (unpaired) electrons. The topological polar surface area (TPSA) is 38.9 Å². The zero-order valence-corrected chi connectivity index (χ0v) is 20.8. The van der Waals surface area contributed by atoms with Gasteiger partial charge in [-0.3, -0.25) is 0 Å². The Morgan fingerprint density at radius 2 is 1.18 bits per heavy atom. The van der Waals surface area contributed by atoms with Crippen LogP contribution in [0.3, 0.4) is 0 Å². The highest BCUT2D eigenvalue weighted by atomic mass is 16.3. The minimum atomic E-state index is 0.669. The summed E-state index contributed by atoms with van der Waals surface area (Å²) >= 11 is 0. The quantitative estimate of drug-likeness (QED) is 0.239. The molecule has 2 aromatic heterocycles. The molecular formula is C36H20N2O. The normalized spacial score (nSPS) is 12.1. The van der Waals surface area contributed by atoms with Gasteiger partial charge in [-0.25, -0.2) is 9.97 Å². The lowest BCUT2D eigenvalue weighted by atomic mass is 9.93. The molecule has 8 aromatic rings. The summed E-state index contributed by atoms with van der Waals surface area (Å²) in [6.45, 7) is 0. The van der Waals surface area contributed by atoms with Crippen LogP contribution in [-0.4, -0.2) is 9.97 Å². The number of hydrogen-bond donors (Lipinski definition) is 0. The van der Waals surface area contributed by atoms with Gasteiger partial charge in [-0.2, -0.15) is 0 Å². The maximum atomic E-state index is 6.71. The van der Waals surface area contributed by atoms with Crippen molar-refractivity contribution in [1.29, 1.82) is 0 Å². The summed E-state index contributed by atoms with van der Waals surface area (Å²) in [6, 6.07) is 42.4. The zero-order valence-electron chi connectivity index (χ0n) is 20.8. The van der Waals surface area contributed by atoms with Gasteiger partial charge in [0, 0.05) is 27.1 Å². The van der Waals surface area contributed by atoms with Gasteiger partial charge in [-0.15, -0.1) is 0 Å². The maximum absolute atomic E-state index is 6.71. The zero-order chi connectivity index (χ0) is 25.5. The number of nitrogens with zero attached hydrogens (tertiary/aromatic N) is 2. The molecule has 0 saturated carbocycles. The molecule has 0 unspecified atom stereocenters. The van der Waals surface area contributed by atoms with E-state index in [9.17, 15) is 0 Å². The van der Waals surface area contributed by atoms with Gasteiger partial charge in [-0.1, -0.05) is 103 Å². The fourth-order valence-corrected chi connectivity index (χ4v) is 6.35. The number of fused-ring (bicyclic) bond motifs is 4. The number of rotatable bonds is 2. The molecule has 180 valence electrons. The average Bonchev–Trinajstić information content (AvgIpc) is 3.34. The smallest absolute Gasteiger partial charge is 0.164 e. The highest BCUT2D eigenvalue weighted by Gasteiger charge is 2.26. The molecule has 1 aliphatic carbocycles. The molecule has 9 rings (SSSR count). The summed E-state index contributed by atoms with van der Waals surface area (Å²) in [5.74, 6) is 0.669. The first-order chi connectivity index (χ1) is 19.3. The highest BCUT2D eigenvalue weighted by Crippen LogP contribution is 2.50. The Kier molecular flexibility index (Phi) is 4.05. The second-order valence-corrected chi connectivity index (χ2v) is 10.1. The van der Waals surface area contributed by atoms with Gasteiger partial charge in [0.05, 0.1) is 16.8 Å². The fourth-order valence-electron chi connectivity index (χ4n) is 6.35. The molecule has 2 heterocycles. The Morgan fingerprint density at radius 1 is 0.487 bits per heavy atom. The largest absolute Gasteiger partial charge is 0.455 e. The number of furan rings is 1.